The number of amides is 1. The molecule has 0 atom stereocenters. The number of pyridine rings is 1. The first-order chi connectivity index (χ1) is 16.6. The largest absolute Gasteiger partial charge is 0.495 e. The average Bonchev–Trinajstić information content (AvgIpc) is 2.85. The standard InChI is InChI=1S/C26H31ClN4O3/c1-33-23-9-8-19(16-21(23)27)29-26-20-17-22(24(34-2)15-18(20)10-11-28-26)30-25(32)7-6-14-31-12-4-3-5-13-31/h8-11,15-17H,3-7,12-14H2,1-2H3,(H,28,29)(H,30,32). The fraction of sp³-hybridized carbons (Fsp3) is 0.385. The molecular weight excluding hydrogens is 452 g/mol. The smallest absolute Gasteiger partial charge is 0.224 e. The Hall–Kier alpha value is -3.03. The normalized spacial score (nSPS) is 14.1. The number of carbonyl (C=O) groups excluding carboxylic acids is 1. The lowest BCUT2D eigenvalue weighted by atomic mass is 10.1. The molecule has 0 aliphatic carbocycles. The van der Waals surface area contributed by atoms with Gasteiger partial charge in [-0.1, -0.05) is 18.0 Å². The predicted octanol–water partition coefficient (Wildman–Crippen LogP) is 5.85. The number of methoxy groups -OCH3 is 2. The van der Waals surface area contributed by atoms with Gasteiger partial charge in [-0.3, -0.25) is 4.79 Å². The van der Waals surface area contributed by atoms with Crippen molar-refractivity contribution in [2.24, 2.45) is 0 Å². The molecule has 7 nitrogen and oxygen atoms in total. The molecule has 2 heterocycles. The molecule has 34 heavy (non-hydrogen) atoms. The van der Waals surface area contributed by atoms with E-state index in [2.05, 4.69) is 20.5 Å². The number of likely N-dealkylation sites (tertiary alicyclic amines) is 1. The van der Waals surface area contributed by atoms with Crippen molar-refractivity contribution >= 4 is 45.5 Å². The minimum Gasteiger partial charge on any atom is -0.495 e. The summed E-state index contributed by atoms with van der Waals surface area (Å²) in [5, 5.41) is 8.66. The molecule has 3 aromatic rings. The van der Waals surface area contributed by atoms with Gasteiger partial charge in [0.05, 0.1) is 24.9 Å². The van der Waals surface area contributed by atoms with E-state index in [1.54, 1.807) is 32.5 Å². The Balaban J connectivity index is 1.50. The molecule has 1 aromatic heterocycles. The summed E-state index contributed by atoms with van der Waals surface area (Å²) < 4.78 is 10.8. The van der Waals surface area contributed by atoms with Crippen LogP contribution in [0.1, 0.15) is 32.1 Å². The third-order valence-electron chi connectivity index (χ3n) is 6.10. The van der Waals surface area contributed by atoms with Gasteiger partial charge in [0, 0.05) is 23.7 Å². The number of nitrogens with one attached hydrogen (secondary N) is 2. The van der Waals surface area contributed by atoms with Crippen molar-refractivity contribution < 1.29 is 14.3 Å². The monoisotopic (exact) mass is 482 g/mol. The van der Waals surface area contributed by atoms with Gasteiger partial charge in [0.1, 0.15) is 17.3 Å². The van der Waals surface area contributed by atoms with Crippen LogP contribution in [-0.4, -0.2) is 49.6 Å². The number of hydrogen-bond donors (Lipinski definition) is 2. The van der Waals surface area contributed by atoms with E-state index in [4.69, 9.17) is 21.1 Å². The van der Waals surface area contributed by atoms with Crippen LogP contribution in [0.15, 0.2) is 42.6 Å². The number of rotatable bonds is 9. The lowest BCUT2D eigenvalue weighted by Gasteiger charge is -2.26. The molecule has 2 aromatic carbocycles. The molecule has 0 radical (unpaired) electrons. The molecule has 8 heteroatoms. The van der Waals surface area contributed by atoms with E-state index in [1.807, 2.05) is 24.3 Å². The summed E-state index contributed by atoms with van der Waals surface area (Å²) >= 11 is 6.27. The van der Waals surface area contributed by atoms with Gasteiger partial charge in [0.2, 0.25) is 5.91 Å². The van der Waals surface area contributed by atoms with E-state index >= 15 is 0 Å². The summed E-state index contributed by atoms with van der Waals surface area (Å²) in [6.45, 7) is 3.25. The van der Waals surface area contributed by atoms with Gasteiger partial charge in [0.15, 0.2) is 0 Å². The van der Waals surface area contributed by atoms with Crippen LogP contribution >= 0.6 is 11.6 Å². The highest BCUT2D eigenvalue weighted by atomic mass is 35.5. The van der Waals surface area contributed by atoms with Crippen molar-refractivity contribution in [3.63, 3.8) is 0 Å². The second-order valence-electron chi connectivity index (χ2n) is 8.46. The maximum Gasteiger partial charge on any atom is 0.224 e. The molecule has 1 aliphatic heterocycles. The summed E-state index contributed by atoms with van der Waals surface area (Å²) in [4.78, 5) is 19.6. The van der Waals surface area contributed by atoms with Crippen molar-refractivity contribution in [1.82, 2.24) is 9.88 Å². The van der Waals surface area contributed by atoms with Gasteiger partial charge in [0.25, 0.3) is 0 Å². The Labute approximate surface area is 205 Å². The molecule has 4 rings (SSSR count). The topological polar surface area (TPSA) is 75.7 Å². The predicted molar refractivity (Wildman–Crippen MR) is 138 cm³/mol. The Kier molecular flexibility index (Phi) is 8.08. The minimum absolute atomic E-state index is 0.0185. The summed E-state index contributed by atoms with van der Waals surface area (Å²) in [6, 6.07) is 11.2. The lowest BCUT2D eigenvalue weighted by Crippen LogP contribution is -2.31. The number of carbonyl (C=O) groups is 1. The number of hydrogen-bond acceptors (Lipinski definition) is 6. The zero-order valence-corrected chi connectivity index (χ0v) is 20.5. The zero-order chi connectivity index (χ0) is 23.9. The molecule has 1 amide bonds. The van der Waals surface area contributed by atoms with Crippen molar-refractivity contribution in [1.29, 1.82) is 0 Å². The fourth-order valence-corrected chi connectivity index (χ4v) is 4.56. The molecule has 1 saturated heterocycles. The van der Waals surface area contributed by atoms with E-state index in [0.717, 1.165) is 42.5 Å². The SMILES string of the molecule is COc1ccc(Nc2nccc3cc(OC)c(NC(=O)CCCN4CCCCC4)cc23)cc1Cl. The first-order valence-electron chi connectivity index (χ1n) is 11.7. The fourth-order valence-electron chi connectivity index (χ4n) is 4.31. The summed E-state index contributed by atoms with van der Waals surface area (Å²) in [5.74, 6) is 1.85. The maximum atomic E-state index is 12.7. The number of ether oxygens (including phenoxy) is 2. The van der Waals surface area contributed by atoms with E-state index in [0.29, 0.717) is 34.4 Å². The van der Waals surface area contributed by atoms with Crippen LogP contribution in [0.4, 0.5) is 17.2 Å². The highest BCUT2D eigenvalue weighted by Crippen LogP contribution is 2.35. The number of halogens is 1. The van der Waals surface area contributed by atoms with Crippen LogP contribution in [0.5, 0.6) is 11.5 Å². The van der Waals surface area contributed by atoms with E-state index in [1.165, 1.54) is 19.3 Å². The van der Waals surface area contributed by atoms with Gasteiger partial charge in [-0.05, 0) is 80.7 Å². The second-order valence-corrected chi connectivity index (χ2v) is 8.87. The number of piperidine rings is 1. The first-order valence-corrected chi connectivity index (χ1v) is 12.0. The quantitative estimate of drug-likeness (QED) is 0.398. The lowest BCUT2D eigenvalue weighted by molar-refractivity contribution is -0.116. The van der Waals surface area contributed by atoms with Crippen LogP contribution in [0.2, 0.25) is 5.02 Å². The Morgan fingerprint density at radius 2 is 1.85 bits per heavy atom. The molecule has 1 aliphatic rings. The Bertz CT molecular complexity index is 1150. The first kappa shape index (κ1) is 24.1. The number of anilines is 3. The van der Waals surface area contributed by atoms with Gasteiger partial charge in [-0.15, -0.1) is 0 Å². The Morgan fingerprint density at radius 3 is 2.59 bits per heavy atom. The Morgan fingerprint density at radius 1 is 1.06 bits per heavy atom. The van der Waals surface area contributed by atoms with Crippen LogP contribution in [0.3, 0.4) is 0 Å². The van der Waals surface area contributed by atoms with Crippen LogP contribution in [0.25, 0.3) is 10.8 Å². The van der Waals surface area contributed by atoms with Crippen LogP contribution in [0, 0.1) is 0 Å². The maximum absolute atomic E-state index is 12.7. The van der Waals surface area contributed by atoms with Crippen molar-refractivity contribution in [2.45, 2.75) is 32.1 Å². The number of aromatic nitrogens is 1. The van der Waals surface area contributed by atoms with Crippen molar-refractivity contribution in [2.75, 3.05) is 44.5 Å². The summed E-state index contributed by atoms with van der Waals surface area (Å²) in [6.07, 6.45) is 6.87. The second kappa shape index (κ2) is 11.4. The summed E-state index contributed by atoms with van der Waals surface area (Å²) in [7, 11) is 3.18. The molecule has 0 bridgehead atoms. The number of benzene rings is 2. The molecule has 0 spiro atoms. The average molecular weight is 483 g/mol. The van der Waals surface area contributed by atoms with Crippen molar-refractivity contribution in [3.05, 3.63) is 47.6 Å². The number of nitrogens with zero attached hydrogens (tertiary/aromatic N) is 2. The third-order valence-corrected chi connectivity index (χ3v) is 6.40. The van der Waals surface area contributed by atoms with E-state index < -0.39 is 0 Å². The molecule has 0 saturated carbocycles. The van der Waals surface area contributed by atoms with E-state index in [-0.39, 0.29) is 5.91 Å². The van der Waals surface area contributed by atoms with Crippen LogP contribution < -0.4 is 20.1 Å². The highest BCUT2D eigenvalue weighted by Gasteiger charge is 2.14. The summed E-state index contributed by atoms with van der Waals surface area (Å²) in [5.41, 5.74) is 1.41. The van der Waals surface area contributed by atoms with Crippen LogP contribution in [-0.2, 0) is 4.79 Å². The van der Waals surface area contributed by atoms with Gasteiger partial charge in [-0.25, -0.2) is 4.98 Å². The van der Waals surface area contributed by atoms with Gasteiger partial charge >= 0.3 is 0 Å². The zero-order valence-electron chi connectivity index (χ0n) is 19.7. The molecular formula is C26H31ClN4O3. The molecule has 2 N–H and O–H groups in total. The molecule has 180 valence electrons. The van der Waals surface area contributed by atoms with E-state index in [9.17, 15) is 4.79 Å². The minimum atomic E-state index is -0.0185. The molecule has 1 fully saturated rings. The van der Waals surface area contributed by atoms with Crippen molar-refractivity contribution in [3.8, 4) is 11.5 Å². The number of fused-ring (bicyclic) bond motifs is 1. The van der Waals surface area contributed by atoms with Gasteiger partial charge in [-0.2, -0.15) is 0 Å². The molecule has 0 unspecified atom stereocenters. The third kappa shape index (κ3) is 5.90. The highest BCUT2D eigenvalue weighted by molar-refractivity contribution is 6.32. The van der Waals surface area contributed by atoms with Gasteiger partial charge < -0.3 is 25.0 Å².